The Hall–Kier alpha value is -2.34. The summed E-state index contributed by atoms with van der Waals surface area (Å²) in [5, 5.41) is 13.7. The Balaban J connectivity index is 1.71. The maximum Gasteiger partial charge on any atom is 0.273 e. The summed E-state index contributed by atoms with van der Waals surface area (Å²) < 4.78 is 0. The number of nitro groups is 1. The van der Waals surface area contributed by atoms with Gasteiger partial charge in [-0.2, -0.15) is 11.8 Å². The number of hydrogen-bond acceptors (Lipinski definition) is 4. The molecule has 0 heterocycles. The Kier molecular flexibility index (Phi) is 6.81. The van der Waals surface area contributed by atoms with Crippen molar-refractivity contribution >= 4 is 23.4 Å². The van der Waals surface area contributed by atoms with Gasteiger partial charge in [-0.1, -0.05) is 48.0 Å². The second-order valence-corrected chi connectivity index (χ2v) is 6.56. The second-order valence-electron chi connectivity index (χ2n) is 5.45. The highest BCUT2D eigenvalue weighted by molar-refractivity contribution is 7.98. The number of carbonyl (C=O) groups is 1. The first-order chi connectivity index (χ1) is 11.6. The van der Waals surface area contributed by atoms with Gasteiger partial charge < -0.3 is 5.32 Å². The molecule has 1 N–H and O–H groups in total. The predicted octanol–water partition coefficient (Wildman–Crippen LogP) is 3.50. The molecule has 0 aliphatic rings. The maximum atomic E-state index is 11.9. The van der Waals surface area contributed by atoms with E-state index in [4.69, 9.17) is 0 Å². The lowest BCUT2D eigenvalue weighted by Gasteiger charge is -2.06. The van der Waals surface area contributed by atoms with Crippen molar-refractivity contribution in [3.8, 4) is 0 Å². The number of rotatable bonds is 8. The van der Waals surface area contributed by atoms with E-state index in [1.165, 1.54) is 17.2 Å². The molecule has 0 spiro atoms. The first-order valence-electron chi connectivity index (χ1n) is 7.68. The Morgan fingerprint density at radius 1 is 1.21 bits per heavy atom. The van der Waals surface area contributed by atoms with Crippen LogP contribution in [0.15, 0.2) is 48.5 Å². The summed E-state index contributed by atoms with van der Waals surface area (Å²) >= 11 is 1.75. The number of para-hydroxylation sites is 1. The molecule has 0 aromatic heterocycles. The van der Waals surface area contributed by atoms with Gasteiger partial charge in [0, 0.05) is 29.7 Å². The van der Waals surface area contributed by atoms with Crippen LogP contribution < -0.4 is 5.32 Å². The third-order valence-electron chi connectivity index (χ3n) is 3.46. The fourth-order valence-electron chi connectivity index (χ4n) is 2.33. The normalized spacial score (nSPS) is 10.4. The molecular formula is C18H20N2O3S. The number of thioether (sulfide) groups is 1. The minimum absolute atomic E-state index is 0.0125. The monoisotopic (exact) mass is 344 g/mol. The van der Waals surface area contributed by atoms with E-state index >= 15 is 0 Å². The van der Waals surface area contributed by atoms with Crippen LogP contribution in [-0.4, -0.2) is 23.1 Å². The zero-order valence-electron chi connectivity index (χ0n) is 13.5. The van der Waals surface area contributed by atoms with Gasteiger partial charge in [-0.15, -0.1) is 0 Å². The van der Waals surface area contributed by atoms with E-state index in [0.29, 0.717) is 12.1 Å². The van der Waals surface area contributed by atoms with Crippen LogP contribution >= 0.6 is 11.8 Å². The summed E-state index contributed by atoms with van der Waals surface area (Å²) in [6.07, 6.45) is 0.0275. The number of nitrogens with one attached hydrogen (secondary N) is 1. The highest BCUT2D eigenvalue weighted by Gasteiger charge is 2.14. The zero-order valence-corrected chi connectivity index (χ0v) is 14.3. The smallest absolute Gasteiger partial charge is 0.273 e. The standard InChI is InChI=1S/C18H20N2O3S/c1-14-5-4-6-15(11-14)13-24-10-9-19-18(21)12-16-7-2-3-8-17(16)20(22)23/h2-8,11H,9-10,12-13H2,1H3,(H,19,21). The van der Waals surface area contributed by atoms with Gasteiger partial charge in [0.05, 0.1) is 11.3 Å². The molecule has 0 radical (unpaired) electrons. The molecule has 0 aliphatic carbocycles. The molecule has 0 saturated carbocycles. The Morgan fingerprint density at radius 2 is 2.00 bits per heavy atom. The Labute approximate surface area is 145 Å². The van der Waals surface area contributed by atoms with Crippen LogP contribution in [0.1, 0.15) is 16.7 Å². The zero-order chi connectivity index (χ0) is 17.4. The molecule has 0 aliphatic heterocycles. The van der Waals surface area contributed by atoms with Gasteiger partial charge in [-0.05, 0) is 12.5 Å². The van der Waals surface area contributed by atoms with E-state index < -0.39 is 4.92 Å². The Bertz CT molecular complexity index is 719. The molecule has 24 heavy (non-hydrogen) atoms. The number of nitro benzene ring substituents is 1. The summed E-state index contributed by atoms with van der Waals surface area (Å²) in [7, 11) is 0. The molecule has 0 saturated heterocycles. The minimum atomic E-state index is -0.458. The Morgan fingerprint density at radius 3 is 2.75 bits per heavy atom. The van der Waals surface area contributed by atoms with E-state index in [-0.39, 0.29) is 18.0 Å². The van der Waals surface area contributed by atoms with E-state index in [1.54, 1.807) is 30.0 Å². The first-order valence-corrected chi connectivity index (χ1v) is 8.84. The molecule has 0 atom stereocenters. The summed E-state index contributed by atoms with van der Waals surface area (Å²) in [5.41, 5.74) is 2.94. The van der Waals surface area contributed by atoms with E-state index in [1.807, 2.05) is 6.07 Å². The average Bonchev–Trinajstić information content (AvgIpc) is 2.55. The van der Waals surface area contributed by atoms with Gasteiger partial charge in [0.2, 0.25) is 5.91 Å². The predicted molar refractivity (Wildman–Crippen MR) is 97.2 cm³/mol. The second kappa shape index (κ2) is 9.08. The quantitative estimate of drug-likeness (QED) is 0.452. The largest absolute Gasteiger partial charge is 0.355 e. The number of amides is 1. The SMILES string of the molecule is Cc1cccc(CSCCNC(=O)Cc2ccccc2[N+](=O)[O-])c1. The van der Waals surface area contributed by atoms with Crippen molar-refractivity contribution in [2.75, 3.05) is 12.3 Å². The lowest BCUT2D eigenvalue weighted by atomic mass is 10.1. The molecule has 2 aromatic carbocycles. The third kappa shape index (κ3) is 5.70. The highest BCUT2D eigenvalue weighted by Crippen LogP contribution is 2.18. The van der Waals surface area contributed by atoms with Crippen molar-refractivity contribution in [3.05, 3.63) is 75.3 Å². The summed E-state index contributed by atoms with van der Waals surface area (Å²) in [6.45, 7) is 2.62. The summed E-state index contributed by atoms with van der Waals surface area (Å²) in [5.74, 6) is 1.51. The van der Waals surface area contributed by atoms with E-state index in [0.717, 1.165) is 11.5 Å². The van der Waals surface area contributed by atoms with Gasteiger partial charge in [0.1, 0.15) is 0 Å². The molecular weight excluding hydrogens is 324 g/mol. The van der Waals surface area contributed by atoms with Gasteiger partial charge in [-0.3, -0.25) is 14.9 Å². The van der Waals surface area contributed by atoms with Crippen LogP contribution in [-0.2, 0) is 17.0 Å². The molecule has 0 unspecified atom stereocenters. The van der Waals surface area contributed by atoms with Crippen LogP contribution in [0.4, 0.5) is 5.69 Å². The molecule has 0 fully saturated rings. The van der Waals surface area contributed by atoms with Crippen molar-refractivity contribution in [1.29, 1.82) is 0 Å². The van der Waals surface area contributed by atoms with Crippen LogP contribution in [0.3, 0.4) is 0 Å². The third-order valence-corrected chi connectivity index (χ3v) is 4.49. The fourth-order valence-corrected chi connectivity index (χ4v) is 3.13. The van der Waals surface area contributed by atoms with Crippen LogP contribution in [0, 0.1) is 17.0 Å². The van der Waals surface area contributed by atoms with Crippen LogP contribution in [0.5, 0.6) is 0 Å². The molecule has 0 bridgehead atoms. The number of hydrogen-bond donors (Lipinski definition) is 1. The molecule has 5 nitrogen and oxygen atoms in total. The molecule has 126 valence electrons. The molecule has 2 aromatic rings. The number of benzene rings is 2. The minimum Gasteiger partial charge on any atom is -0.355 e. The van der Waals surface area contributed by atoms with E-state index in [2.05, 4.69) is 30.4 Å². The van der Waals surface area contributed by atoms with Crippen molar-refractivity contribution in [1.82, 2.24) is 5.32 Å². The highest BCUT2D eigenvalue weighted by atomic mass is 32.2. The molecule has 2 rings (SSSR count). The summed E-state index contributed by atoms with van der Waals surface area (Å²) in [4.78, 5) is 22.4. The van der Waals surface area contributed by atoms with Gasteiger partial charge in [-0.25, -0.2) is 0 Å². The first kappa shape index (κ1) is 18.0. The van der Waals surface area contributed by atoms with Crippen LogP contribution in [0.25, 0.3) is 0 Å². The van der Waals surface area contributed by atoms with Crippen molar-refractivity contribution in [2.45, 2.75) is 19.1 Å². The van der Waals surface area contributed by atoms with E-state index in [9.17, 15) is 14.9 Å². The van der Waals surface area contributed by atoms with Crippen molar-refractivity contribution < 1.29 is 9.72 Å². The average molecular weight is 344 g/mol. The lowest BCUT2D eigenvalue weighted by molar-refractivity contribution is -0.385. The van der Waals surface area contributed by atoms with Crippen LogP contribution in [0.2, 0.25) is 0 Å². The molecule has 1 amide bonds. The van der Waals surface area contributed by atoms with Gasteiger partial charge in [0.25, 0.3) is 5.69 Å². The molecule has 6 heteroatoms. The topological polar surface area (TPSA) is 72.2 Å². The van der Waals surface area contributed by atoms with Gasteiger partial charge >= 0.3 is 0 Å². The lowest BCUT2D eigenvalue weighted by Crippen LogP contribution is -2.27. The number of carbonyl (C=O) groups excluding carboxylic acids is 1. The maximum absolute atomic E-state index is 11.9. The number of nitrogens with zero attached hydrogens (tertiary/aromatic N) is 1. The fraction of sp³-hybridized carbons (Fsp3) is 0.278. The van der Waals surface area contributed by atoms with Gasteiger partial charge in [0.15, 0.2) is 0 Å². The summed E-state index contributed by atoms with van der Waals surface area (Å²) in [6, 6.07) is 14.7. The van der Waals surface area contributed by atoms with Crippen molar-refractivity contribution in [3.63, 3.8) is 0 Å². The number of aryl methyl sites for hydroxylation is 1. The van der Waals surface area contributed by atoms with Crippen molar-refractivity contribution in [2.24, 2.45) is 0 Å².